The maximum absolute atomic E-state index is 4.64. The Hall–Kier alpha value is -0.870. The van der Waals surface area contributed by atoms with Crippen LogP contribution in [-0.2, 0) is 6.54 Å². The lowest BCUT2D eigenvalue weighted by molar-refractivity contribution is 0.468. The number of aryl methyl sites for hydroxylation is 2. The van der Waals surface area contributed by atoms with Gasteiger partial charge in [-0.05, 0) is 45.1 Å². The van der Waals surface area contributed by atoms with Gasteiger partial charge in [-0.25, -0.2) is 4.98 Å². The van der Waals surface area contributed by atoms with E-state index < -0.39 is 0 Å². The van der Waals surface area contributed by atoms with E-state index in [9.17, 15) is 0 Å². The van der Waals surface area contributed by atoms with Crippen LogP contribution in [0.25, 0.3) is 4.96 Å². The Balaban J connectivity index is 1.65. The molecule has 104 valence electrons. The fourth-order valence-corrected chi connectivity index (χ4v) is 4.21. The second-order valence-electron chi connectivity index (χ2n) is 6.05. The van der Waals surface area contributed by atoms with Crippen LogP contribution < -0.4 is 5.32 Å². The van der Waals surface area contributed by atoms with Gasteiger partial charge in [0, 0.05) is 17.6 Å². The van der Waals surface area contributed by atoms with Crippen molar-refractivity contribution in [1.82, 2.24) is 14.7 Å². The van der Waals surface area contributed by atoms with E-state index in [1.165, 1.54) is 36.3 Å². The first kappa shape index (κ1) is 13.1. The van der Waals surface area contributed by atoms with Gasteiger partial charge in [-0.2, -0.15) is 0 Å². The molecule has 19 heavy (non-hydrogen) atoms. The zero-order valence-corrected chi connectivity index (χ0v) is 12.9. The number of fused-ring (bicyclic) bond motifs is 1. The van der Waals surface area contributed by atoms with Crippen LogP contribution in [0.5, 0.6) is 0 Å². The number of thiazole rings is 1. The van der Waals surface area contributed by atoms with Crippen LogP contribution in [0.3, 0.4) is 0 Å². The number of aromatic nitrogens is 2. The van der Waals surface area contributed by atoms with Crippen LogP contribution in [0.2, 0.25) is 0 Å². The largest absolute Gasteiger partial charge is 0.311 e. The fraction of sp³-hybridized carbons (Fsp3) is 0.667. The molecule has 0 bridgehead atoms. The normalized spacial score (nSPS) is 23.5. The summed E-state index contributed by atoms with van der Waals surface area (Å²) in [4.78, 5) is 5.76. The van der Waals surface area contributed by atoms with E-state index in [4.69, 9.17) is 0 Å². The van der Waals surface area contributed by atoms with Crippen molar-refractivity contribution in [2.75, 3.05) is 6.54 Å². The first-order valence-corrected chi connectivity index (χ1v) is 8.16. The molecule has 0 aliphatic heterocycles. The highest BCUT2D eigenvalue weighted by molar-refractivity contribution is 7.15. The third-order valence-electron chi connectivity index (χ3n) is 4.36. The molecule has 0 spiro atoms. The van der Waals surface area contributed by atoms with E-state index in [1.54, 1.807) is 11.3 Å². The van der Waals surface area contributed by atoms with Gasteiger partial charge in [0.05, 0.1) is 11.4 Å². The minimum absolute atomic E-state index is 0.877. The van der Waals surface area contributed by atoms with Crippen molar-refractivity contribution in [2.24, 2.45) is 11.8 Å². The van der Waals surface area contributed by atoms with E-state index in [-0.39, 0.29) is 0 Å². The summed E-state index contributed by atoms with van der Waals surface area (Å²) in [6.07, 6.45) is 4.20. The summed E-state index contributed by atoms with van der Waals surface area (Å²) >= 11 is 1.73. The molecule has 3 rings (SSSR count). The molecular weight excluding hydrogens is 254 g/mol. The Morgan fingerprint density at radius 2 is 2.26 bits per heavy atom. The van der Waals surface area contributed by atoms with Gasteiger partial charge in [0.25, 0.3) is 0 Å². The highest BCUT2D eigenvalue weighted by Crippen LogP contribution is 2.29. The molecule has 3 nitrogen and oxygen atoms in total. The zero-order chi connectivity index (χ0) is 13.4. The third-order valence-corrected chi connectivity index (χ3v) is 5.30. The summed E-state index contributed by atoms with van der Waals surface area (Å²) in [6, 6.07) is 0. The van der Waals surface area contributed by atoms with Crippen LogP contribution in [-0.4, -0.2) is 15.9 Å². The van der Waals surface area contributed by atoms with Crippen molar-refractivity contribution in [1.29, 1.82) is 0 Å². The maximum Gasteiger partial charge on any atom is 0.194 e. The van der Waals surface area contributed by atoms with Crippen LogP contribution in [0, 0.1) is 25.7 Å². The molecule has 2 heterocycles. The predicted molar refractivity (Wildman–Crippen MR) is 80.8 cm³/mol. The Morgan fingerprint density at radius 3 is 3.00 bits per heavy atom. The SMILES string of the molecule is Cc1nc2scc(C)n2c1CNCC1CCC(C)C1. The van der Waals surface area contributed by atoms with Crippen LogP contribution in [0.4, 0.5) is 0 Å². The average Bonchev–Trinajstić information content (AvgIpc) is 3.01. The molecule has 0 saturated heterocycles. The fourth-order valence-electron chi connectivity index (χ4n) is 3.28. The Morgan fingerprint density at radius 1 is 1.42 bits per heavy atom. The van der Waals surface area contributed by atoms with Crippen LogP contribution in [0.1, 0.15) is 43.3 Å². The third kappa shape index (κ3) is 2.56. The quantitative estimate of drug-likeness (QED) is 0.926. The molecule has 1 saturated carbocycles. The smallest absolute Gasteiger partial charge is 0.194 e. The summed E-state index contributed by atoms with van der Waals surface area (Å²) in [7, 11) is 0. The van der Waals surface area contributed by atoms with E-state index in [2.05, 4.69) is 40.9 Å². The standard InChI is InChI=1S/C15H23N3S/c1-10-4-5-13(6-10)7-16-8-14-12(3)17-15-18(14)11(2)9-19-15/h9-10,13,16H,4-8H2,1-3H3. The lowest BCUT2D eigenvalue weighted by Crippen LogP contribution is -2.22. The molecule has 2 aromatic heterocycles. The Kier molecular flexibility index (Phi) is 3.63. The number of imidazole rings is 1. The number of nitrogens with zero attached hydrogens (tertiary/aromatic N) is 2. The molecule has 2 atom stereocenters. The molecule has 4 heteroatoms. The molecule has 2 unspecified atom stereocenters. The minimum Gasteiger partial charge on any atom is -0.311 e. The lowest BCUT2D eigenvalue weighted by Gasteiger charge is -2.11. The van der Waals surface area contributed by atoms with Crippen molar-refractivity contribution >= 4 is 16.3 Å². The minimum atomic E-state index is 0.877. The van der Waals surface area contributed by atoms with E-state index in [0.29, 0.717) is 0 Å². The maximum atomic E-state index is 4.64. The predicted octanol–water partition coefficient (Wildman–Crippen LogP) is 3.54. The number of hydrogen-bond acceptors (Lipinski definition) is 3. The second kappa shape index (κ2) is 5.25. The first-order valence-electron chi connectivity index (χ1n) is 7.28. The van der Waals surface area contributed by atoms with Crippen molar-refractivity contribution < 1.29 is 0 Å². The van der Waals surface area contributed by atoms with Gasteiger partial charge in [-0.15, -0.1) is 11.3 Å². The molecule has 1 N–H and O–H groups in total. The molecule has 0 aromatic carbocycles. The monoisotopic (exact) mass is 277 g/mol. The highest BCUT2D eigenvalue weighted by atomic mass is 32.1. The molecule has 2 aromatic rings. The van der Waals surface area contributed by atoms with Crippen LogP contribution in [0.15, 0.2) is 5.38 Å². The topological polar surface area (TPSA) is 29.3 Å². The van der Waals surface area contributed by atoms with Gasteiger partial charge in [-0.1, -0.05) is 13.3 Å². The van der Waals surface area contributed by atoms with Gasteiger partial charge in [0.1, 0.15) is 0 Å². The Labute approximate surface area is 119 Å². The van der Waals surface area contributed by atoms with Gasteiger partial charge >= 0.3 is 0 Å². The number of nitrogens with one attached hydrogen (secondary N) is 1. The van der Waals surface area contributed by atoms with Gasteiger partial charge < -0.3 is 5.32 Å². The van der Waals surface area contributed by atoms with Gasteiger partial charge in [0.2, 0.25) is 0 Å². The summed E-state index contributed by atoms with van der Waals surface area (Å²) in [6.45, 7) is 8.75. The van der Waals surface area contributed by atoms with Crippen molar-refractivity contribution in [3.63, 3.8) is 0 Å². The summed E-state index contributed by atoms with van der Waals surface area (Å²) in [5.74, 6) is 1.80. The Bertz CT molecular complexity index is 569. The van der Waals surface area contributed by atoms with Crippen molar-refractivity contribution in [2.45, 2.75) is 46.6 Å². The molecule has 1 aliphatic carbocycles. The molecule has 1 aliphatic rings. The summed E-state index contributed by atoms with van der Waals surface area (Å²) in [5, 5.41) is 5.83. The molecule has 1 fully saturated rings. The summed E-state index contributed by atoms with van der Waals surface area (Å²) < 4.78 is 2.30. The van der Waals surface area contributed by atoms with Gasteiger partial charge in [0.15, 0.2) is 4.96 Å². The van der Waals surface area contributed by atoms with E-state index >= 15 is 0 Å². The molecule has 0 radical (unpaired) electrons. The van der Waals surface area contributed by atoms with Crippen molar-refractivity contribution in [3.8, 4) is 0 Å². The van der Waals surface area contributed by atoms with Crippen molar-refractivity contribution in [3.05, 3.63) is 22.5 Å². The first-order chi connectivity index (χ1) is 9.15. The van der Waals surface area contributed by atoms with E-state index in [0.717, 1.165) is 29.9 Å². The second-order valence-corrected chi connectivity index (χ2v) is 6.89. The highest BCUT2D eigenvalue weighted by Gasteiger charge is 2.21. The number of hydrogen-bond donors (Lipinski definition) is 1. The average molecular weight is 277 g/mol. The molecule has 0 amide bonds. The van der Waals surface area contributed by atoms with E-state index in [1.807, 2.05) is 0 Å². The summed E-state index contributed by atoms with van der Waals surface area (Å²) in [5.41, 5.74) is 3.80. The molecular formula is C15H23N3S. The van der Waals surface area contributed by atoms with Gasteiger partial charge in [-0.3, -0.25) is 4.40 Å². The number of rotatable bonds is 4. The zero-order valence-electron chi connectivity index (χ0n) is 12.1. The lowest BCUT2D eigenvalue weighted by atomic mass is 10.1. The van der Waals surface area contributed by atoms with Crippen LogP contribution >= 0.6 is 11.3 Å².